The van der Waals surface area contributed by atoms with Crippen molar-refractivity contribution in [3.05, 3.63) is 53.9 Å². The van der Waals surface area contributed by atoms with Gasteiger partial charge in [-0.15, -0.1) is 0 Å². The molecule has 0 N–H and O–H groups in total. The second kappa shape index (κ2) is 3.70. The first-order valence-corrected chi connectivity index (χ1v) is 5.40. The Morgan fingerprint density at radius 2 is 1.72 bits per heavy atom. The molecule has 4 nitrogen and oxygen atoms in total. The van der Waals surface area contributed by atoms with Crippen LogP contribution in [0.15, 0.2) is 37.0 Å². The molecular weight excluding hydrogens is 228 g/mol. The van der Waals surface area contributed by atoms with Crippen molar-refractivity contribution in [1.29, 1.82) is 0 Å². The Morgan fingerprint density at radius 1 is 1.00 bits per heavy atom. The number of ketones is 2. The van der Waals surface area contributed by atoms with Crippen LogP contribution in [0.5, 0.6) is 0 Å². The summed E-state index contributed by atoms with van der Waals surface area (Å²) in [5.74, 6) is -1.06. The van der Waals surface area contributed by atoms with Crippen LogP contribution in [0.1, 0.15) is 26.4 Å². The van der Waals surface area contributed by atoms with E-state index in [1.165, 1.54) is 0 Å². The molecule has 0 amide bonds. The molecular formula is C14H8N2O2. The number of carbonyl (C=O) groups is 2. The van der Waals surface area contributed by atoms with Crippen LogP contribution in [0.4, 0.5) is 0 Å². The number of aromatic nitrogens is 2. The third-order valence-electron chi connectivity index (χ3n) is 2.85. The normalized spacial score (nSPS) is 12.9. The number of pyridine rings is 2. The lowest BCUT2D eigenvalue weighted by molar-refractivity contribution is 0.0814. The number of hydrogen-bond acceptors (Lipinski definition) is 4. The molecule has 2 aromatic heterocycles. The number of carbonyl (C=O) groups excluding carboxylic acids is 2. The first kappa shape index (κ1) is 10.5. The Balaban J connectivity index is 2.38. The first-order chi connectivity index (χ1) is 8.72. The molecule has 18 heavy (non-hydrogen) atoms. The minimum atomic E-state index is -0.534. The lowest BCUT2D eigenvalue weighted by Gasteiger charge is -2.15. The van der Waals surface area contributed by atoms with E-state index in [-0.39, 0.29) is 0 Å². The van der Waals surface area contributed by atoms with Crippen molar-refractivity contribution in [2.24, 2.45) is 0 Å². The minimum absolute atomic E-state index is 0.303. The maximum absolute atomic E-state index is 11.9. The standard InChI is InChI=1S/C14H8N2O2/c1-2-8-5-6-10-12(16-8)11-9(4-3-7-15-11)13(17)14(10)18/h2-7H,1H2. The van der Waals surface area contributed by atoms with Gasteiger partial charge >= 0.3 is 0 Å². The molecule has 0 fully saturated rings. The molecule has 0 spiro atoms. The highest BCUT2D eigenvalue weighted by Gasteiger charge is 2.32. The zero-order chi connectivity index (χ0) is 12.7. The van der Waals surface area contributed by atoms with Crippen LogP contribution in [-0.2, 0) is 0 Å². The molecule has 1 aliphatic carbocycles. The molecule has 86 valence electrons. The highest BCUT2D eigenvalue weighted by atomic mass is 16.2. The third-order valence-corrected chi connectivity index (χ3v) is 2.85. The van der Waals surface area contributed by atoms with Gasteiger partial charge in [-0.1, -0.05) is 6.58 Å². The Labute approximate surface area is 103 Å². The van der Waals surface area contributed by atoms with Crippen molar-refractivity contribution >= 4 is 17.6 Å². The Morgan fingerprint density at radius 3 is 2.44 bits per heavy atom. The lowest BCUT2D eigenvalue weighted by Crippen LogP contribution is -2.22. The summed E-state index contributed by atoms with van der Waals surface area (Å²) in [4.78, 5) is 32.3. The van der Waals surface area contributed by atoms with Crippen molar-refractivity contribution < 1.29 is 9.59 Å². The zero-order valence-corrected chi connectivity index (χ0v) is 9.38. The molecule has 2 aromatic rings. The van der Waals surface area contributed by atoms with Gasteiger partial charge in [0.25, 0.3) is 0 Å². The van der Waals surface area contributed by atoms with E-state index in [4.69, 9.17) is 0 Å². The number of hydrogen-bond donors (Lipinski definition) is 0. The van der Waals surface area contributed by atoms with E-state index in [2.05, 4.69) is 16.5 Å². The lowest BCUT2D eigenvalue weighted by atomic mass is 9.90. The quantitative estimate of drug-likeness (QED) is 0.712. The van der Waals surface area contributed by atoms with Crippen molar-refractivity contribution in [2.45, 2.75) is 0 Å². The van der Waals surface area contributed by atoms with Crippen molar-refractivity contribution in [3.8, 4) is 11.4 Å². The largest absolute Gasteiger partial charge is 0.285 e. The smallest absolute Gasteiger partial charge is 0.235 e. The van der Waals surface area contributed by atoms with Gasteiger partial charge in [-0.25, -0.2) is 4.98 Å². The summed E-state index contributed by atoms with van der Waals surface area (Å²) in [5, 5.41) is 0. The summed E-state index contributed by atoms with van der Waals surface area (Å²) in [6.45, 7) is 3.64. The summed E-state index contributed by atoms with van der Waals surface area (Å²) < 4.78 is 0. The molecule has 2 heterocycles. The van der Waals surface area contributed by atoms with E-state index < -0.39 is 11.6 Å². The molecule has 3 rings (SSSR count). The number of fused-ring (bicyclic) bond motifs is 3. The van der Waals surface area contributed by atoms with E-state index >= 15 is 0 Å². The zero-order valence-electron chi connectivity index (χ0n) is 9.38. The van der Waals surface area contributed by atoms with E-state index in [1.54, 1.807) is 36.5 Å². The number of nitrogens with zero attached hydrogens (tertiary/aromatic N) is 2. The second-order valence-corrected chi connectivity index (χ2v) is 3.89. The maximum atomic E-state index is 11.9. The van der Waals surface area contributed by atoms with Crippen LogP contribution in [-0.4, -0.2) is 21.5 Å². The second-order valence-electron chi connectivity index (χ2n) is 3.89. The molecule has 4 heteroatoms. The fourth-order valence-corrected chi connectivity index (χ4v) is 1.97. The molecule has 0 saturated carbocycles. The van der Waals surface area contributed by atoms with E-state index in [1.807, 2.05) is 0 Å². The van der Waals surface area contributed by atoms with Crippen LogP contribution >= 0.6 is 0 Å². The topological polar surface area (TPSA) is 59.9 Å². The molecule has 0 radical (unpaired) electrons. The molecule has 0 bridgehead atoms. The first-order valence-electron chi connectivity index (χ1n) is 5.40. The molecule has 0 aromatic carbocycles. The summed E-state index contributed by atoms with van der Waals surface area (Å²) in [5.41, 5.74) is 2.17. The monoisotopic (exact) mass is 236 g/mol. The average molecular weight is 236 g/mol. The molecule has 0 aliphatic heterocycles. The van der Waals surface area contributed by atoms with Crippen molar-refractivity contribution in [2.75, 3.05) is 0 Å². The third kappa shape index (κ3) is 1.32. The van der Waals surface area contributed by atoms with Gasteiger partial charge in [0.1, 0.15) is 11.4 Å². The van der Waals surface area contributed by atoms with Crippen LogP contribution in [0.25, 0.3) is 17.5 Å². The Bertz CT molecular complexity index is 705. The Hall–Kier alpha value is -2.62. The predicted octanol–water partition coefficient (Wildman–Crippen LogP) is 2.17. The van der Waals surface area contributed by atoms with Crippen LogP contribution in [0.3, 0.4) is 0 Å². The van der Waals surface area contributed by atoms with Crippen LogP contribution < -0.4 is 0 Å². The van der Waals surface area contributed by atoms with Gasteiger partial charge in [-0.3, -0.25) is 14.6 Å². The molecule has 0 unspecified atom stereocenters. The fraction of sp³-hybridized carbons (Fsp3) is 0. The van der Waals surface area contributed by atoms with Crippen LogP contribution in [0.2, 0.25) is 0 Å². The van der Waals surface area contributed by atoms with E-state index in [0.29, 0.717) is 28.2 Å². The van der Waals surface area contributed by atoms with Gasteiger partial charge in [-0.2, -0.15) is 0 Å². The number of rotatable bonds is 1. The van der Waals surface area contributed by atoms with Gasteiger partial charge in [0.2, 0.25) is 11.6 Å². The summed E-state index contributed by atoms with van der Waals surface area (Å²) >= 11 is 0. The van der Waals surface area contributed by atoms with Gasteiger partial charge in [0.05, 0.1) is 16.8 Å². The maximum Gasteiger partial charge on any atom is 0.235 e. The Kier molecular flexibility index (Phi) is 2.16. The van der Waals surface area contributed by atoms with E-state index in [0.717, 1.165) is 0 Å². The minimum Gasteiger partial charge on any atom is -0.285 e. The SMILES string of the molecule is C=Cc1ccc2c(n1)-c1ncccc1C(=O)C2=O. The molecule has 0 atom stereocenters. The number of Topliss-reactive ketones (excluding diaryl/α,β-unsaturated/α-hetero) is 2. The van der Waals surface area contributed by atoms with Crippen molar-refractivity contribution in [3.63, 3.8) is 0 Å². The van der Waals surface area contributed by atoms with Crippen LogP contribution in [0, 0.1) is 0 Å². The van der Waals surface area contributed by atoms with Gasteiger partial charge in [0.15, 0.2) is 0 Å². The highest BCUT2D eigenvalue weighted by Crippen LogP contribution is 2.30. The molecule has 1 aliphatic rings. The van der Waals surface area contributed by atoms with Gasteiger partial charge in [0, 0.05) is 6.20 Å². The molecule has 0 saturated heterocycles. The highest BCUT2D eigenvalue weighted by molar-refractivity contribution is 6.52. The predicted molar refractivity (Wildman–Crippen MR) is 66.2 cm³/mol. The fourth-order valence-electron chi connectivity index (χ4n) is 1.97. The summed E-state index contributed by atoms with van der Waals surface area (Å²) in [7, 11) is 0. The van der Waals surface area contributed by atoms with E-state index in [9.17, 15) is 9.59 Å². The van der Waals surface area contributed by atoms with Crippen molar-refractivity contribution in [1.82, 2.24) is 9.97 Å². The average Bonchev–Trinajstić information content (AvgIpc) is 2.44. The summed E-state index contributed by atoms with van der Waals surface area (Å²) in [6.07, 6.45) is 3.16. The summed E-state index contributed by atoms with van der Waals surface area (Å²) in [6, 6.07) is 6.47. The van der Waals surface area contributed by atoms with Gasteiger partial charge < -0.3 is 0 Å². The van der Waals surface area contributed by atoms with Gasteiger partial charge in [-0.05, 0) is 30.3 Å².